The van der Waals surface area contributed by atoms with E-state index >= 15 is 0 Å². The maximum absolute atomic E-state index is 5.94. The molecule has 2 aromatic heterocycles. The number of rotatable bonds is 4. The summed E-state index contributed by atoms with van der Waals surface area (Å²) in [5.41, 5.74) is 12.7. The first-order chi connectivity index (χ1) is 13.1. The fraction of sp³-hybridized carbons (Fsp3) is 0.353. The molecule has 10 heteroatoms. The van der Waals surface area contributed by atoms with E-state index < -0.39 is 0 Å². The van der Waals surface area contributed by atoms with Crippen molar-refractivity contribution in [2.24, 2.45) is 5.73 Å². The molecule has 0 unspecified atom stereocenters. The van der Waals surface area contributed by atoms with Crippen molar-refractivity contribution in [1.82, 2.24) is 25.1 Å². The third-order valence-corrected chi connectivity index (χ3v) is 4.51. The maximum Gasteiger partial charge on any atom is 0.324 e. The number of para-hydroxylation sites is 1. The lowest BCUT2D eigenvalue weighted by Crippen LogP contribution is -2.39. The lowest BCUT2D eigenvalue weighted by molar-refractivity contribution is 0.394. The molecule has 0 atom stereocenters. The summed E-state index contributed by atoms with van der Waals surface area (Å²) in [6.07, 6.45) is 1.78. The Hall–Kier alpha value is -3.27. The highest BCUT2D eigenvalue weighted by atomic mass is 16.5. The van der Waals surface area contributed by atoms with Crippen LogP contribution in [-0.2, 0) is 0 Å². The first-order valence-corrected chi connectivity index (χ1v) is 8.75. The Morgan fingerprint density at radius 3 is 2.52 bits per heavy atom. The molecule has 140 valence electrons. The van der Waals surface area contributed by atoms with Crippen LogP contribution in [0.1, 0.15) is 12.8 Å². The topological polar surface area (TPSA) is 136 Å². The van der Waals surface area contributed by atoms with Gasteiger partial charge in [-0.3, -0.25) is 0 Å². The SMILES string of the molecule is CN(c1ccccc1)c1nc(N)nc(-c2noc(N3CCC(N)CC3)n2)n1. The van der Waals surface area contributed by atoms with Gasteiger partial charge in [-0.2, -0.15) is 19.9 Å². The van der Waals surface area contributed by atoms with E-state index in [1.807, 2.05) is 47.2 Å². The van der Waals surface area contributed by atoms with Crippen LogP contribution in [0.15, 0.2) is 34.9 Å². The molecule has 0 saturated carbocycles. The van der Waals surface area contributed by atoms with Crippen LogP contribution >= 0.6 is 0 Å². The van der Waals surface area contributed by atoms with Gasteiger partial charge >= 0.3 is 6.01 Å². The van der Waals surface area contributed by atoms with E-state index in [4.69, 9.17) is 16.0 Å². The van der Waals surface area contributed by atoms with Crippen molar-refractivity contribution in [3.63, 3.8) is 0 Å². The van der Waals surface area contributed by atoms with Crippen molar-refractivity contribution in [3.05, 3.63) is 30.3 Å². The van der Waals surface area contributed by atoms with Crippen molar-refractivity contribution in [2.45, 2.75) is 18.9 Å². The van der Waals surface area contributed by atoms with Crippen molar-refractivity contribution >= 4 is 23.6 Å². The summed E-state index contributed by atoms with van der Waals surface area (Å²) in [6, 6.07) is 10.4. The van der Waals surface area contributed by atoms with Gasteiger partial charge in [-0.15, -0.1) is 0 Å². The fourth-order valence-electron chi connectivity index (χ4n) is 2.92. The Bertz CT molecular complexity index is 906. The molecule has 27 heavy (non-hydrogen) atoms. The Morgan fingerprint density at radius 1 is 1.04 bits per heavy atom. The summed E-state index contributed by atoms with van der Waals surface area (Å²) in [5.74, 6) is 1.03. The van der Waals surface area contributed by atoms with E-state index in [2.05, 4.69) is 25.1 Å². The zero-order valence-electron chi connectivity index (χ0n) is 15.0. The van der Waals surface area contributed by atoms with Gasteiger partial charge in [0.15, 0.2) is 0 Å². The standard InChI is InChI=1S/C17H21N9O/c1-25(12-5-3-2-4-6-12)16-21-13(20-15(19)23-16)14-22-17(27-24-14)26-9-7-11(18)8-10-26/h2-6,11H,7-10,18H2,1H3,(H2,19,20,21,23). The average Bonchev–Trinajstić information content (AvgIpc) is 3.18. The molecule has 10 nitrogen and oxygen atoms in total. The molecule has 1 aromatic carbocycles. The minimum Gasteiger partial charge on any atom is -0.368 e. The number of nitrogens with two attached hydrogens (primary N) is 2. The number of hydrogen-bond donors (Lipinski definition) is 2. The Kier molecular flexibility index (Phi) is 4.55. The van der Waals surface area contributed by atoms with Crippen molar-refractivity contribution in [2.75, 3.05) is 35.7 Å². The molecule has 0 radical (unpaired) electrons. The van der Waals surface area contributed by atoms with Gasteiger partial charge in [-0.05, 0) is 25.0 Å². The third-order valence-electron chi connectivity index (χ3n) is 4.51. The lowest BCUT2D eigenvalue weighted by Gasteiger charge is -2.28. The summed E-state index contributed by atoms with van der Waals surface area (Å²) in [4.78, 5) is 21.1. The van der Waals surface area contributed by atoms with Gasteiger partial charge in [0, 0.05) is 31.9 Å². The molecular formula is C17H21N9O. The van der Waals surface area contributed by atoms with Crippen LogP contribution in [0.2, 0.25) is 0 Å². The van der Waals surface area contributed by atoms with Gasteiger partial charge in [-0.25, -0.2) is 0 Å². The van der Waals surface area contributed by atoms with Gasteiger partial charge in [0.2, 0.25) is 23.5 Å². The number of piperidine rings is 1. The Labute approximate surface area is 156 Å². The number of benzene rings is 1. The first kappa shape index (κ1) is 17.2. The Morgan fingerprint density at radius 2 is 1.78 bits per heavy atom. The van der Waals surface area contributed by atoms with Crippen LogP contribution < -0.4 is 21.3 Å². The van der Waals surface area contributed by atoms with E-state index in [1.165, 1.54) is 0 Å². The molecular weight excluding hydrogens is 346 g/mol. The highest BCUT2D eigenvalue weighted by Crippen LogP contribution is 2.24. The largest absolute Gasteiger partial charge is 0.368 e. The molecule has 3 heterocycles. The van der Waals surface area contributed by atoms with Gasteiger partial charge in [0.1, 0.15) is 0 Å². The van der Waals surface area contributed by atoms with Crippen LogP contribution in [0, 0.1) is 0 Å². The molecule has 1 aliphatic rings. The predicted molar refractivity (Wildman–Crippen MR) is 101 cm³/mol. The van der Waals surface area contributed by atoms with Crippen LogP contribution in [0.25, 0.3) is 11.6 Å². The first-order valence-electron chi connectivity index (χ1n) is 8.75. The number of nitrogens with zero attached hydrogens (tertiary/aromatic N) is 7. The molecule has 0 amide bonds. The van der Waals surface area contributed by atoms with E-state index in [0.717, 1.165) is 31.6 Å². The highest BCUT2D eigenvalue weighted by Gasteiger charge is 2.23. The molecule has 0 bridgehead atoms. The van der Waals surface area contributed by atoms with E-state index in [9.17, 15) is 0 Å². The second kappa shape index (κ2) is 7.16. The second-order valence-corrected chi connectivity index (χ2v) is 6.44. The average molecular weight is 367 g/mol. The molecule has 1 fully saturated rings. The zero-order chi connectivity index (χ0) is 18.8. The summed E-state index contributed by atoms with van der Waals surface area (Å²) >= 11 is 0. The van der Waals surface area contributed by atoms with Gasteiger partial charge in [0.25, 0.3) is 0 Å². The van der Waals surface area contributed by atoms with Crippen molar-refractivity contribution in [3.8, 4) is 11.6 Å². The summed E-state index contributed by atoms with van der Waals surface area (Å²) in [5, 5.41) is 4.01. The molecule has 1 aliphatic heterocycles. The molecule has 0 spiro atoms. The van der Waals surface area contributed by atoms with Crippen LogP contribution in [-0.4, -0.2) is 51.3 Å². The van der Waals surface area contributed by atoms with E-state index in [1.54, 1.807) is 0 Å². The van der Waals surface area contributed by atoms with Crippen molar-refractivity contribution < 1.29 is 4.52 Å². The van der Waals surface area contributed by atoms with Gasteiger partial charge < -0.3 is 25.8 Å². The van der Waals surface area contributed by atoms with E-state index in [0.29, 0.717) is 12.0 Å². The number of nitrogen functional groups attached to an aromatic ring is 1. The zero-order valence-corrected chi connectivity index (χ0v) is 15.0. The normalized spacial score (nSPS) is 15.1. The summed E-state index contributed by atoms with van der Waals surface area (Å²) < 4.78 is 5.39. The minimum atomic E-state index is 0.0908. The molecule has 3 aromatic rings. The molecule has 4 N–H and O–H groups in total. The van der Waals surface area contributed by atoms with Crippen LogP contribution in [0.5, 0.6) is 0 Å². The van der Waals surface area contributed by atoms with Crippen LogP contribution in [0.3, 0.4) is 0 Å². The lowest BCUT2D eigenvalue weighted by atomic mass is 10.1. The second-order valence-electron chi connectivity index (χ2n) is 6.44. The Balaban J connectivity index is 1.60. The third kappa shape index (κ3) is 3.65. The highest BCUT2D eigenvalue weighted by molar-refractivity contribution is 5.59. The smallest absolute Gasteiger partial charge is 0.324 e. The monoisotopic (exact) mass is 367 g/mol. The number of anilines is 4. The summed E-state index contributed by atoms with van der Waals surface area (Å²) in [6.45, 7) is 1.56. The van der Waals surface area contributed by atoms with E-state index in [-0.39, 0.29) is 23.6 Å². The number of hydrogen-bond acceptors (Lipinski definition) is 10. The van der Waals surface area contributed by atoms with Crippen molar-refractivity contribution in [1.29, 1.82) is 0 Å². The molecule has 1 saturated heterocycles. The molecule has 4 rings (SSSR count). The molecule has 0 aliphatic carbocycles. The van der Waals surface area contributed by atoms with Gasteiger partial charge in [-0.1, -0.05) is 23.4 Å². The summed E-state index contributed by atoms with van der Waals surface area (Å²) in [7, 11) is 1.85. The maximum atomic E-state index is 5.94. The predicted octanol–water partition coefficient (Wildman–Crippen LogP) is 1.20. The number of aromatic nitrogens is 5. The van der Waals surface area contributed by atoms with Crippen LogP contribution in [0.4, 0.5) is 23.6 Å². The quantitative estimate of drug-likeness (QED) is 0.692. The van der Waals surface area contributed by atoms with Gasteiger partial charge in [0.05, 0.1) is 0 Å². The fourth-order valence-corrected chi connectivity index (χ4v) is 2.92. The minimum absolute atomic E-state index is 0.0908.